The van der Waals surface area contributed by atoms with E-state index in [1.54, 1.807) is 6.92 Å². The number of furan rings is 1. The van der Waals surface area contributed by atoms with Crippen molar-refractivity contribution in [1.29, 1.82) is 0 Å². The lowest BCUT2D eigenvalue weighted by Crippen LogP contribution is -2.39. The third kappa shape index (κ3) is 2.66. The molecule has 1 aliphatic rings. The van der Waals surface area contributed by atoms with Gasteiger partial charge in [0.2, 0.25) is 10.0 Å². The topological polar surface area (TPSA) is 68.5 Å². The molecule has 0 radical (unpaired) electrons. The summed E-state index contributed by atoms with van der Waals surface area (Å²) in [6, 6.07) is 7.30. The van der Waals surface area contributed by atoms with Gasteiger partial charge in [-0.1, -0.05) is 18.2 Å². The van der Waals surface area contributed by atoms with Crippen LogP contribution in [0.2, 0.25) is 0 Å². The van der Waals surface area contributed by atoms with Crippen LogP contribution in [-0.2, 0) is 14.8 Å². The Labute approximate surface area is 130 Å². The van der Waals surface area contributed by atoms with Crippen LogP contribution in [0.25, 0.3) is 11.0 Å². The molecule has 0 aliphatic carbocycles. The maximum absolute atomic E-state index is 12.5. The lowest BCUT2D eigenvalue weighted by Gasteiger charge is -2.19. The maximum Gasteiger partial charge on any atom is 0.217 e. The number of aryl methyl sites for hydroxylation is 1. The molecule has 3 atom stereocenters. The highest BCUT2D eigenvalue weighted by atomic mass is 32.2. The SMILES string of the molecule is Cc1c([C@H](C)NS(=O)(=O)[C@@H]2CCO[C@@H]2C)oc2ccccc12. The quantitative estimate of drug-likeness (QED) is 0.939. The number of sulfonamides is 1. The molecule has 1 aliphatic heterocycles. The molecule has 2 aromatic rings. The van der Waals surface area contributed by atoms with E-state index in [4.69, 9.17) is 9.15 Å². The highest BCUT2D eigenvalue weighted by Gasteiger charge is 2.37. The smallest absolute Gasteiger partial charge is 0.217 e. The number of ether oxygens (including phenoxy) is 1. The summed E-state index contributed by atoms with van der Waals surface area (Å²) in [5.41, 5.74) is 1.75. The van der Waals surface area contributed by atoms with E-state index in [2.05, 4.69) is 4.72 Å². The summed E-state index contributed by atoms with van der Waals surface area (Å²) in [4.78, 5) is 0. The highest BCUT2D eigenvalue weighted by Crippen LogP contribution is 2.30. The molecule has 0 spiro atoms. The fourth-order valence-corrected chi connectivity index (χ4v) is 4.88. The van der Waals surface area contributed by atoms with Gasteiger partial charge < -0.3 is 9.15 Å². The number of hydrogen-bond acceptors (Lipinski definition) is 4. The van der Waals surface area contributed by atoms with E-state index in [0.29, 0.717) is 18.8 Å². The molecule has 120 valence electrons. The molecule has 1 N–H and O–H groups in total. The van der Waals surface area contributed by atoms with Crippen LogP contribution in [0.3, 0.4) is 0 Å². The lowest BCUT2D eigenvalue weighted by molar-refractivity contribution is 0.126. The molecule has 1 saturated heterocycles. The Balaban J connectivity index is 1.87. The van der Waals surface area contributed by atoms with E-state index in [9.17, 15) is 8.42 Å². The number of fused-ring (bicyclic) bond motifs is 1. The van der Waals surface area contributed by atoms with Crippen LogP contribution in [0.4, 0.5) is 0 Å². The van der Waals surface area contributed by atoms with E-state index < -0.39 is 21.3 Å². The Hall–Kier alpha value is -1.37. The molecule has 3 rings (SSSR count). The minimum absolute atomic E-state index is 0.276. The molecule has 0 bridgehead atoms. The molecular weight excluding hydrogens is 302 g/mol. The van der Waals surface area contributed by atoms with Crippen LogP contribution >= 0.6 is 0 Å². The Morgan fingerprint density at radius 3 is 2.68 bits per heavy atom. The van der Waals surface area contributed by atoms with E-state index in [1.807, 2.05) is 38.1 Å². The number of benzene rings is 1. The molecule has 1 aromatic carbocycles. The minimum Gasteiger partial charge on any atom is -0.459 e. The molecule has 6 heteroatoms. The maximum atomic E-state index is 12.5. The first-order valence-electron chi connectivity index (χ1n) is 7.51. The van der Waals surface area contributed by atoms with Gasteiger partial charge >= 0.3 is 0 Å². The zero-order chi connectivity index (χ0) is 15.9. The van der Waals surface area contributed by atoms with Gasteiger partial charge in [0.15, 0.2) is 0 Å². The molecule has 0 unspecified atom stereocenters. The zero-order valence-electron chi connectivity index (χ0n) is 13.0. The van der Waals surface area contributed by atoms with Crippen molar-refractivity contribution in [3.63, 3.8) is 0 Å². The molecule has 1 fully saturated rings. The summed E-state index contributed by atoms with van der Waals surface area (Å²) in [6.07, 6.45) is 0.254. The second-order valence-electron chi connectivity index (χ2n) is 5.88. The van der Waals surface area contributed by atoms with Crippen molar-refractivity contribution in [1.82, 2.24) is 4.72 Å². The van der Waals surface area contributed by atoms with E-state index in [-0.39, 0.29) is 6.10 Å². The minimum atomic E-state index is -3.45. The Morgan fingerprint density at radius 2 is 2.05 bits per heavy atom. The predicted octanol–water partition coefficient (Wildman–Crippen LogP) is 2.90. The van der Waals surface area contributed by atoms with Gasteiger partial charge in [0.25, 0.3) is 0 Å². The first-order valence-corrected chi connectivity index (χ1v) is 9.05. The highest BCUT2D eigenvalue weighted by molar-refractivity contribution is 7.90. The van der Waals surface area contributed by atoms with E-state index >= 15 is 0 Å². The predicted molar refractivity (Wildman–Crippen MR) is 85.2 cm³/mol. The summed E-state index contributed by atoms with van der Waals surface area (Å²) in [5.74, 6) is 0.663. The standard InChI is InChI=1S/C16H21NO4S/c1-10-13-6-4-5-7-14(13)21-16(10)11(2)17-22(18,19)15-8-9-20-12(15)3/h4-7,11-12,15,17H,8-9H2,1-3H3/t11-,12+,15+/m0/s1. The average molecular weight is 323 g/mol. The summed E-state index contributed by atoms with van der Waals surface area (Å²) in [5, 5.41) is 0.515. The average Bonchev–Trinajstić information content (AvgIpc) is 3.03. The van der Waals surface area contributed by atoms with E-state index in [1.165, 1.54) is 0 Å². The Bertz CT molecular complexity index is 781. The van der Waals surface area contributed by atoms with Gasteiger partial charge in [-0.3, -0.25) is 0 Å². The van der Waals surface area contributed by atoms with Crippen LogP contribution < -0.4 is 4.72 Å². The van der Waals surface area contributed by atoms with Crippen molar-refractivity contribution >= 4 is 21.0 Å². The van der Waals surface area contributed by atoms with Crippen LogP contribution in [0.1, 0.15) is 37.6 Å². The molecular formula is C16H21NO4S. The summed E-state index contributed by atoms with van der Waals surface area (Å²) >= 11 is 0. The van der Waals surface area contributed by atoms with Crippen LogP contribution in [0.5, 0.6) is 0 Å². The monoisotopic (exact) mass is 323 g/mol. The second kappa shape index (κ2) is 5.68. The number of nitrogens with one attached hydrogen (secondary N) is 1. The molecule has 22 heavy (non-hydrogen) atoms. The summed E-state index contributed by atoms with van der Waals surface area (Å²) < 4.78 is 39.0. The second-order valence-corrected chi connectivity index (χ2v) is 7.81. The summed E-state index contributed by atoms with van der Waals surface area (Å²) in [6.45, 7) is 6.05. The largest absolute Gasteiger partial charge is 0.459 e. The number of rotatable bonds is 4. The summed E-state index contributed by atoms with van der Waals surface area (Å²) in [7, 11) is -3.45. The number of hydrogen-bond donors (Lipinski definition) is 1. The van der Waals surface area contributed by atoms with Crippen LogP contribution in [0.15, 0.2) is 28.7 Å². The van der Waals surface area contributed by atoms with Crippen molar-refractivity contribution in [3.8, 4) is 0 Å². The third-order valence-corrected chi connectivity index (χ3v) is 6.42. The third-order valence-electron chi connectivity index (χ3n) is 4.32. The molecule has 0 saturated carbocycles. The Morgan fingerprint density at radius 1 is 1.32 bits per heavy atom. The fraction of sp³-hybridized carbons (Fsp3) is 0.500. The van der Waals surface area contributed by atoms with Crippen LogP contribution in [-0.4, -0.2) is 26.4 Å². The first kappa shape index (κ1) is 15.5. The Kier molecular flexibility index (Phi) is 4.01. The normalized spacial score (nSPS) is 24.0. The molecule has 5 nitrogen and oxygen atoms in total. The molecule has 2 heterocycles. The van der Waals surface area contributed by atoms with Gasteiger partial charge in [-0.2, -0.15) is 0 Å². The van der Waals surface area contributed by atoms with Gasteiger partial charge in [-0.05, 0) is 33.3 Å². The van der Waals surface area contributed by atoms with E-state index in [0.717, 1.165) is 16.5 Å². The van der Waals surface area contributed by atoms with Crippen molar-refractivity contribution in [3.05, 3.63) is 35.6 Å². The van der Waals surface area contributed by atoms with Crippen molar-refractivity contribution in [2.75, 3.05) is 6.61 Å². The van der Waals surface area contributed by atoms with Gasteiger partial charge in [-0.15, -0.1) is 0 Å². The molecule has 1 aromatic heterocycles. The lowest BCUT2D eigenvalue weighted by atomic mass is 10.1. The van der Waals surface area contributed by atoms with Crippen LogP contribution in [0, 0.1) is 6.92 Å². The van der Waals surface area contributed by atoms with Gasteiger partial charge in [0.1, 0.15) is 16.6 Å². The number of para-hydroxylation sites is 1. The molecule has 0 amide bonds. The zero-order valence-corrected chi connectivity index (χ0v) is 13.8. The van der Waals surface area contributed by atoms with Crippen molar-refractivity contribution in [2.45, 2.75) is 44.6 Å². The fourth-order valence-electron chi connectivity index (χ4n) is 3.11. The van der Waals surface area contributed by atoms with Gasteiger partial charge in [0, 0.05) is 17.6 Å². The van der Waals surface area contributed by atoms with Crippen molar-refractivity contribution < 1.29 is 17.6 Å². The first-order chi connectivity index (χ1) is 10.4. The van der Waals surface area contributed by atoms with Gasteiger partial charge in [-0.25, -0.2) is 13.1 Å². The van der Waals surface area contributed by atoms with Crippen molar-refractivity contribution in [2.24, 2.45) is 0 Å². The van der Waals surface area contributed by atoms with Gasteiger partial charge in [0.05, 0.1) is 12.1 Å².